The van der Waals surface area contributed by atoms with Crippen molar-refractivity contribution in [2.45, 2.75) is 25.9 Å². The lowest BCUT2D eigenvalue weighted by Gasteiger charge is -2.36. The number of hydrogen-bond acceptors (Lipinski definition) is 7. The summed E-state index contributed by atoms with van der Waals surface area (Å²) in [6.07, 6.45) is 0. The van der Waals surface area contributed by atoms with E-state index in [1.165, 1.54) is 27.7 Å². The van der Waals surface area contributed by atoms with E-state index in [4.69, 9.17) is 5.84 Å². The second-order valence-corrected chi connectivity index (χ2v) is 8.43. The molecule has 0 atom stereocenters. The van der Waals surface area contributed by atoms with Crippen molar-refractivity contribution in [1.29, 1.82) is 0 Å². The van der Waals surface area contributed by atoms with Gasteiger partial charge in [-0.05, 0) is 44.5 Å². The normalized spacial score (nSPS) is 14.4. The Morgan fingerprint density at radius 3 is 2.53 bits per heavy atom. The average Bonchev–Trinajstić information content (AvgIpc) is 3.26. The van der Waals surface area contributed by atoms with E-state index >= 15 is 0 Å². The Morgan fingerprint density at radius 1 is 1.10 bits per heavy atom. The molecule has 30 heavy (non-hydrogen) atoms. The third-order valence-electron chi connectivity index (χ3n) is 5.17. The number of carbonyl (C=O) groups is 1. The molecule has 1 fully saturated rings. The number of carbonyl (C=O) groups excluding carboxylic acids is 1. The van der Waals surface area contributed by atoms with Crippen molar-refractivity contribution in [3.05, 3.63) is 47.3 Å². The number of nitrogen functional groups attached to an aromatic ring is 1. The summed E-state index contributed by atoms with van der Waals surface area (Å²) < 4.78 is 3.03. The minimum atomic E-state index is 0.0829. The van der Waals surface area contributed by atoms with E-state index in [1.807, 2.05) is 24.8 Å². The Hall–Kier alpha value is -3.01. The molecular formula is C20H26N8OS. The molecule has 3 aromatic rings. The number of amides is 1. The fourth-order valence-electron chi connectivity index (χ4n) is 3.60. The third kappa shape index (κ3) is 4.13. The van der Waals surface area contributed by atoms with Crippen LogP contribution in [0.1, 0.15) is 17.0 Å². The monoisotopic (exact) mass is 426 g/mol. The van der Waals surface area contributed by atoms with E-state index in [2.05, 4.69) is 51.4 Å². The molecule has 0 saturated carbocycles. The van der Waals surface area contributed by atoms with Gasteiger partial charge in [0.2, 0.25) is 11.1 Å². The lowest BCUT2D eigenvalue weighted by Crippen LogP contribution is -2.49. The number of nitrogens with two attached hydrogens (primary N) is 1. The lowest BCUT2D eigenvalue weighted by molar-refractivity contribution is -0.128. The van der Waals surface area contributed by atoms with Crippen molar-refractivity contribution in [2.75, 3.05) is 42.7 Å². The summed E-state index contributed by atoms with van der Waals surface area (Å²) in [6.45, 7) is 9.01. The zero-order chi connectivity index (χ0) is 21.3. The van der Waals surface area contributed by atoms with Crippen molar-refractivity contribution in [1.82, 2.24) is 29.6 Å². The fourth-order valence-corrected chi connectivity index (χ4v) is 4.35. The highest BCUT2D eigenvalue weighted by atomic mass is 32.2. The highest BCUT2D eigenvalue weighted by Crippen LogP contribution is 2.20. The van der Waals surface area contributed by atoms with Gasteiger partial charge < -0.3 is 15.6 Å². The molecule has 2 aromatic heterocycles. The molecule has 0 bridgehead atoms. The predicted octanol–water partition coefficient (Wildman–Crippen LogP) is 1.54. The molecule has 1 aromatic carbocycles. The second kappa shape index (κ2) is 8.39. The smallest absolute Gasteiger partial charge is 0.271 e. The first kappa shape index (κ1) is 20.3. The van der Waals surface area contributed by atoms with Crippen molar-refractivity contribution >= 4 is 23.4 Å². The number of anilines is 1. The first-order chi connectivity index (χ1) is 14.4. The summed E-state index contributed by atoms with van der Waals surface area (Å²) in [7, 11) is 0. The molecule has 1 aliphatic heterocycles. The molecule has 9 nitrogen and oxygen atoms in total. The summed E-state index contributed by atoms with van der Waals surface area (Å²) in [6, 6.07) is 10.4. The minimum absolute atomic E-state index is 0.0829. The largest absolute Gasteiger partial charge is 0.368 e. The van der Waals surface area contributed by atoms with E-state index in [0.717, 1.165) is 24.5 Å². The first-order valence-electron chi connectivity index (χ1n) is 9.88. The molecule has 3 heterocycles. The van der Waals surface area contributed by atoms with Crippen molar-refractivity contribution in [3.63, 3.8) is 0 Å². The molecule has 4 rings (SSSR count). The molecule has 0 radical (unpaired) electrons. The van der Waals surface area contributed by atoms with Gasteiger partial charge in [-0.1, -0.05) is 23.9 Å². The molecule has 10 heteroatoms. The van der Waals surface area contributed by atoms with Gasteiger partial charge in [-0.3, -0.25) is 4.79 Å². The van der Waals surface area contributed by atoms with Crippen LogP contribution in [0.2, 0.25) is 0 Å². The summed E-state index contributed by atoms with van der Waals surface area (Å²) in [5, 5.41) is 13.1. The van der Waals surface area contributed by atoms with Gasteiger partial charge in [0, 0.05) is 37.6 Å². The van der Waals surface area contributed by atoms with Crippen molar-refractivity contribution in [3.8, 4) is 5.95 Å². The summed E-state index contributed by atoms with van der Waals surface area (Å²) in [5.74, 6) is 6.94. The van der Waals surface area contributed by atoms with Crippen molar-refractivity contribution in [2.24, 2.45) is 0 Å². The van der Waals surface area contributed by atoms with Crippen molar-refractivity contribution < 1.29 is 4.79 Å². The maximum atomic E-state index is 12.7. The molecular weight excluding hydrogens is 400 g/mol. The zero-order valence-electron chi connectivity index (χ0n) is 17.4. The Bertz CT molecular complexity index is 1050. The van der Waals surface area contributed by atoms with Crippen LogP contribution in [0.25, 0.3) is 5.95 Å². The molecule has 1 saturated heterocycles. The zero-order valence-corrected chi connectivity index (χ0v) is 18.3. The highest BCUT2D eigenvalue weighted by Gasteiger charge is 2.23. The number of aryl methyl sites for hydroxylation is 3. The van der Waals surface area contributed by atoms with Crippen LogP contribution in [-0.2, 0) is 4.79 Å². The number of aromatic nitrogens is 5. The number of nitrogens with zero attached hydrogens (tertiary/aromatic N) is 7. The third-order valence-corrected chi connectivity index (χ3v) is 6.10. The van der Waals surface area contributed by atoms with Gasteiger partial charge in [0.15, 0.2) is 0 Å². The van der Waals surface area contributed by atoms with Crippen LogP contribution in [0.4, 0.5) is 5.69 Å². The highest BCUT2D eigenvalue weighted by molar-refractivity contribution is 7.99. The van der Waals surface area contributed by atoms with E-state index in [1.54, 1.807) is 4.68 Å². The first-order valence-corrected chi connectivity index (χ1v) is 10.9. The van der Waals surface area contributed by atoms with Crippen LogP contribution < -0.4 is 10.7 Å². The second-order valence-electron chi connectivity index (χ2n) is 7.49. The Labute approximate surface area is 179 Å². The lowest BCUT2D eigenvalue weighted by atomic mass is 10.2. The maximum Gasteiger partial charge on any atom is 0.271 e. The SMILES string of the molecule is Cc1cccc(N2CCN(C(=O)CSc3nnc(-n4nc(C)cc4C)n3N)CC2)c1. The van der Waals surface area contributed by atoms with Crippen LogP contribution in [0.15, 0.2) is 35.5 Å². The number of rotatable bonds is 5. The summed E-state index contributed by atoms with van der Waals surface area (Å²) >= 11 is 1.29. The number of benzene rings is 1. The Balaban J connectivity index is 1.33. The topological polar surface area (TPSA) is 98.1 Å². The van der Waals surface area contributed by atoms with Gasteiger partial charge >= 0.3 is 0 Å². The van der Waals surface area contributed by atoms with Gasteiger partial charge in [-0.2, -0.15) is 5.10 Å². The molecule has 0 spiro atoms. The molecule has 0 unspecified atom stereocenters. The Kier molecular flexibility index (Phi) is 5.67. The summed E-state index contributed by atoms with van der Waals surface area (Å²) in [5.41, 5.74) is 4.26. The van der Waals surface area contributed by atoms with Gasteiger partial charge in [-0.25, -0.2) is 9.36 Å². The molecule has 1 aliphatic rings. The fraction of sp³-hybridized carbons (Fsp3) is 0.400. The van der Waals surface area contributed by atoms with E-state index in [9.17, 15) is 4.79 Å². The molecule has 2 N–H and O–H groups in total. The quantitative estimate of drug-likeness (QED) is 0.488. The van der Waals surface area contributed by atoms with E-state index < -0.39 is 0 Å². The number of piperazine rings is 1. The van der Waals surface area contributed by atoms with Crippen LogP contribution in [-0.4, -0.2) is 67.4 Å². The van der Waals surface area contributed by atoms with Gasteiger partial charge in [0.05, 0.1) is 11.4 Å². The summed E-state index contributed by atoms with van der Waals surface area (Å²) in [4.78, 5) is 16.9. The van der Waals surface area contributed by atoms with Crippen LogP contribution >= 0.6 is 11.8 Å². The average molecular weight is 427 g/mol. The van der Waals surface area contributed by atoms with Gasteiger partial charge in [0.25, 0.3) is 5.95 Å². The van der Waals surface area contributed by atoms with E-state index in [-0.39, 0.29) is 11.7 Å². The predicted molar refractivity (Wildman–Crippen MR) is 117 cm³/mol. The number of hydrogen-bond donors (Lipinski definition) is 1. The standard InChI is InChI=1S/C20H26N8OS/c1-14-5-4-6-17(11-14)25-7-9-26(10-8-25)18(29)13-30-20-23-22-19(27(20)21)28-16(3)12-15(2)24-28/h4-6,11-12H,7-10,13,21H2,1-3H3. The van der Waals surface area contributed by atoms with Crippen LogP contribution in [0.3, 0.4) is 0 Å². The minimum Gasteiger partial charge on any atom is -0.368 e. The van der Waals surface area contributed by atoms with Crippen LogP contribution in [0, 0.1) is 20.8 Å². The van der Waals surface area contributed by atoms with Gasteiger partial charge in [-0.15, -0.1) is 10.2 Å². The van der Waals surface area contributed by atoms with E-state index in [0.29, 0.717) is 24.2 Å². The molecule has 1 amide bonds. The van der Waals surface area contributed by atoms with Gasteiger partial charge in [0.1, 0.15) is 0 Å². The number of thioether (sulfide) groups is 1. The maximum absolute atomic E-state index is 12.7. The Morgan fingerprint density at radius 2 is 1.87 bits per heavy atom. The molecule has 158 valence electrons. The molecule has 0 aliphatic carbocycles. The van der Waals surface area contributed by atoms with Crippen LogP contribution in [0.5, 0.6) is 0 Å².